The standard InChI is InChI=1S/C13H19F3N4O.2ClH/c14-13(15,16)8-20-5-4-18-11(20)7-19-12(21)10-3-1-2-9(10)6-17;;/h4-5,9-10H,1-3,6-8,17H2,(H,19,21);2*1H/t9-,10-;;/m1../s1. The van der Waals surface area contributed by atoms with Crippen LogP contribution in [0.1, 0.15) is 25.1 Å². The molecule has 134 valence electrons. The van der Waals surface area contributed by atoms with E-state index in [4.69, 9.17) is 5.73 Å². The number of nitrogens with two attached hydrogens (primary N) is 1. The molecule has 1 aromatic rings. The average Bonchev–Trinajstić information content (AvgIpc) is 3.02. The Kier molecular flexibility index (Phi) is 8.94. The summed E-state index contributed by atoms with van der Waals surface area (Å²) >= 11 is 0. The summed E-state index contributed by atoms with van der Waals surface area (Å²) in [5.74, 6) is 0.0772. The van der Waals surface area contributed by atoms with Gasteiger partial charge in [0.1, 0.15) is 12.4 Å². The molecule has 10 heteroatoms. The van der Waals surface area contributed by atoms with Crippen LogP contribution in [-0.2, 0) is 17.9 Å². The molecule has 1 aliphatic carbocycles. The van der Waals surface area contributed by atoms with Gasteiger partial charge in [-0.05, 0) is 25.3 Å². The highest BCUT2D eigenvalue weighted by Crippen LogP contribution is 2.31. The topological polar surface area (TPSA) is 72.9 Å². The summed E-state index contributed by atoms with van der Waals surface area (Å²) in [4.78, 5) is 15.9. The minimum Gasteiger partial charge on any atom is -0.349 e. The summed E-state index contributed by atoms with van der Waals surface area (Å²) in [5, 5.41) is 2.67. The molecule has 23 heavy (non-hydrogen) atoms. The predicted molar refractivity (Wildman–Crippen MR) is 84.5 cm³/mol. The first-order chi connectivity index (χ1) is 9.90. The van der Waals surface area contributed by atoms with Gasteiger partial charge in [-0.3, -0.25) is 4.79 Å². The molecule has 1 aliphatic rings. The largest absolute Gasteiger partial charge is 0.406 e. The van der Waals surface area contributed by atoms with Crippen molar-refractivity contribution in [3.63, 3.8) is 0 Å². The fourth-order valence-corrected chi connectivity index (χ4v) is 2.81. The fourth-order valence-electron chi connectivity index (χ4n) is 2.81. The zero-order chi connectivity index (χ0) is 15.5. The number of halogens is 5. The molecular formula is C13H21Cl2F3N4O. The molecule has 1 saturated carbocycles. The second-order valence-corrected chi connectivity index (χ2v) is 5.34. The van der Waals surface area contributed by atoms with Crippen LogP contribution in [0.3, 0.4) is 0 Å². The first kappa shape index (κ1) is 22.0. The van der Waals surface area contributed by atoms with Gasteiger partial charge in [-0.15, -0.1) is 24.8 Å². The Morgan fingerprint density at radius 2 is 2.09 bits per heavy atom. The maximum atomic E-state index is 12.4. The Bertz CT molecular complexity index is 496. The molecule has 0 unspecified atom stereocenters. The summed E-state index contributed by atoms with van der Waals surface area (Å²) in [7, 11) is 0. The highest BCUT2D eigenvalue weighted by atomic mass is 35.5. The molecule has 0 aliphatic heterocycles. The molecule has 2 atom stereocenters. The zero-order valence-electron chi connectivity index (χ0n) is 12.4. The molecule has 0 aromatic carbocycles. The number of nitrogens with zero attached hydrogens (tertiary/aromatic N) is 2. The van der Waals surface area contributed by atoms with E-state index in [0.717, 1.165) is 23.8 Å². The monoisotopic (exact) mass is 376 g/mol. The van der Waals surface area contributed by atoms with E-state index < -0.39 is 12.7 Å². The van der Waals surface area contributed by atoms with Gasteiger partial charge in [0.05, 0.1) is 6.54 Å². The van der Waals surface area contributed by atoms with Crippen molar-refractivity contribution in [1.82, 2.24) is 14.9 Å². The highest BCUT2D eigenvalue weighted by Gasteiger charge is 2.32. The van der Waals surface area contributed by atoms with E-state index in [0.29, 0.717) is 6.54 Å². The smallest absolute Gasteiger partial charge is 0.349 e. The van der Waals surface area contributed by atoms with Crippen molar-refractivity contribution >= 4 is 30.7 Å². The summed E-state index contributed by atoms with van der Waals surface area (Å²) in [6.45, 7) is -0.649. The molecule has 2 rings (SSSR count). The van der Waals surface area contributed by atoms with Crippen LogP contribution >= 0.6 is 24.8 Å². The Morgan fingerprint density at radius 1 is 1.39 bits per heavy atom. The van der Waals surface area contributed by atoms with Crippen LogP contribution in [0.4, 0.5) is 13.2 Å². The van der Waals surface area contributed by atoms with Crippen molar-refractivity contribution in [3.8, 4) is 0 Å². The SMILES string of the molecule is Cl.Cl.NC[C@H]1CCC[C@H]1C(=O)NCc1nccn1CC(F)(F)F. The lowest BCUT2D eigenvalue weighted by molar-refractivity contribution is -0.141. The number of imidazole rings is 1. The lowest BCUT2D eigenvalue weighted by atomic mass is 9.95. The quantitative estimate of drug-likeness (QED) is 0.827. The normalized spacial score (nSPS) is 20.5. The summed E-state index contributed by atoms with van der Waals surface area (Å²) < 4.78 is 38.2. The minimum absolute atomic E-state index is 0. The van der Waals surface area contributed by atoms with E-state index >= 15 is 0 Å². The lowest BCUT2D eigenvalue weighted by Gasteiger charge is -2.17. The molecule has 0 spiro atoms. The van der Waals surface area contributed by atoms with Gasteiger partial charge >= 0.3 is 6.18 Å². The third-order valence-electron chi connectivity index (χ3n) is 3.87. The molecule has 1 heterocycles. The molecule has 1 aromatic heterocycles. The lowest BCUT2D eigenvalue weighted by Crippen LogP contribution is -2.35. The van der Waals surface area contributed by atoms with Crippen molar-refractivity contribution in [2.45, 2.75) is 38.5 Å². The number of hydrogen-bond acceptors (Lipinski definition) is 3. The molecule has 0 bridgehead atoms. The number of rotatable bonds is 5. The number of aromatic nitrogens is 2. The van der Waals surface area contributed by atoms with Crippen LogP contribution in [0.2, 0.25) is 0 Å². The van der Waals surface area contributed by atoms with E-state index in [-0.39, 0.29) is 54.9 Å². The van der Waals surface area contributed by atoms with Crippen LogP contribution < -0.4 is 11.1 Å². The number of nitrogens with one attached hydrogen (secondary N) is 1. The predicted octanol–water partition coefficient (Wildman–Crippen LogP) is 2.28. The Balaban J connectivity index is 0.00000242. The molecule has 1 amide bonds. The van der Waals surface area contributed by atoms with Gasteiger partial charge < -0.3 is 15.6 Å². The fraction of sp³-hybridized carbons (Fsp3) is 0.692. The molecule has 5 nitrogen and oxygen atoms in total. The van der Waals surface area contributed by atoms with Crippen LogP contribution in [0.25, 0.3) is 0 Å². The maximum absolute atomic E-state index is 12.4. The van der Waals surface area contributed by atoms with Crippen molar-refractivity contribution in [2.24, 2.45) is 17.6 Å². The second-order valence-electron chi connectivity index (χ2n) is 5.34. The van der Waals surface area contributed by atoms with E-state index in [9.17, 15) is 18.0 Å². The van der Waals surface area contributed by atoms with Crippen molar-refractivity contribution in [1.29, 1.82) is 0 Å². The van der Waals surface area contributed by atoms with Gasteiger partial charge in [-0.1, -0.05) is 6.42 Å². The van der Waals surface area contributed by atoms with E-state index in [1.54, 1.807) is 0 Å². The maximum Gasteiger partial charge on any atom is 0.406 e. The van der Waals surface area contributed by atoms with Gasteiger partial charge in [0.25, 0.3) is 0 Å². The zero-order valence-corrected chi connectivity index (χ0v) is 14.0. The van der Waals surface area contributed by atoms with Crippen LogP contribution in [0.5, 0.6) is 0 Å². The number of amides is 1. The first-order valence-corrected chi connectivity index (χ1v) is 6.95. The van der Waals surface area contributed by atoms with Crippen molar-refractivity contribution in [3.05, 3.63) is 18.2 Å². The van der Waals surface area contributed by atoms with Crippen LogP contribution in [-0.4, -0.2) is 28.2 Å². The molecule has 0 saturated heterocycles. The van der Waals surface area contributed by atoms with E-state index in [1.807, 2.05) is 0 Å². The van der Waals surface area contributed by atoms with Crippen LogP contribution in [0, 0.1) is 11.8 Å². The number of carbonyl (C=O) groups is 1. The third-order valence-corrected chi connectivity index (χ3v) is 3.87. The summed E-state index contributed by atoms with van der Waals surface area (Å²) in [5.41, 5.74) is 5.62. The number of hydrogen-bond donors (Lipinski definition) is 2. The second kappa shape index (κ2) is 9.34. The van der Waals surface area contributed by atoms with Gasteiger partial charge in [0.2, 0.25) is 5.91 Å². The van der Waals surface area contributed by atoms with E-state index in [1.165, 1.54) is 12.4 Å². The van der Waals surface area contributed by atoms with Gasteiger partial charge in [-0.2, -0.15) is 13.2 Å². The highest BCUT2D eigenvalue weighted by molar-refractivity contribution is 5.85. The van der Waals surface area contributed by atoms with Gasteiger partial charge in [-0.25, -0.2) is 4.98 Å². The molecular weight excluding hydrogens is 356 g/mol. The minimum atomic E-state index is -4.31. The van der Waals surface area contributed by atoms with Crippen molar-refractivity contribution in [2.75, 3.05) is 6.54 Å². The van der Waals surface area contributed by atoms with Crippen LogP contribution in [0.15, 0.2) is 12.4 Å². The third kappa shape index (κ3) is 6.19. The number of alkyl halides is 3. The average molecular weight is 377 g/mol. The van der Waals surface area contributed by atoms with Gasteiger partial charge in [0, 0.05) is 18.3 Å². The summed E-state index contributed by atoms with van der Waals surface area (Å²) in [6, 6.07) is 0. The number of carbonyl (C=O) groups excluding carboxylic acids is 1. The molecule has 0 radical (unpaired) electrons. The van der Waals surface area contributed by atoms with E-state index in [2.05, 4.69) is 10.3 Å². The first-order valence-electron chi connectivity index (χ1n) is 6.95. The summed E-state index contributed by atoms with van der Waals surface area (Å²) in [6.07, 6.45) is 0.916. The Hall–Kier alpha value is -0.990. The molecule has 3 N–H and O–H groups in total. The molecule has 1 fully saturated rings. The Labute approximate surface area is 145 Å². The van der Waals surface area contributed by atoms with Crippen molar-refractivity contribution < 1.29 is 18.0 Å². The van der Waals surface area contributed by atoms with Gasteiger partial charge in [0.15, 0.2) is 0 Å². The Morgan fingerprint density at radius 3 is 2.70 bits per heavy atom.